The summed E-state index contributed by atoms with van der Waals surface area (Å²) >= 11 is 0. The number of ketones is 2. The van der Waals surface area contributed by atoms with E-state index in [1.54, 1.807) is 31.3 Å². The lowest BCUT2D eigenvalue weighted by molar-refractivity contribution is -0.112. The number of likely N-dealkylation sites (N-methyl/N-ethyl adjacent to an activating group) is 1. The van der Waals surface area contributed by atoms with Gasteiger partial charge in [0.1, 0.15) is 5.76 Å². The molecule has 1 aromatic rings. The first kappa shape index (κ1) is 14.5. The summed E-state index contributed by atoms with van der Waals surface area (Å²) in [7, 11) is 1.73. The van der Waals surface area contributed by atoms with E-state index in [0.29, 0.717) is 17.9 Å². The number of hydrogen-bond donors (Lipinski definition) is 2. The Morgan fingerprint density at radius 3 is 2.25 bits per heavy atom. The predicted octanol–water partition coefficient (Wildman–Crippen LogP) is 2.36. The Kier molecular flexibility index (Phi) is 4.04. The minimum Gasteiger partial charge on any atom is -0.507 e. The average Bonchev–Trinajstić information content (AvgIpc) is 2.43. The van der Waals surface area contributed by atoms with E-state index in [0.717, 1.165) is 0 Å². The lowest BCUT2D eigenvalue weighted by atomic mass is 9.83. The molecule has 0 saturated carbocycles. The Bertz CT molecular complexity index is 587. The maximum absolute atomic E-state index is 12.3. The number of rotatable bonds is 4. The van der Waals surface area contributed by atoms with Crippen molar-refractivity contribution >= 4 is 17.3 Å². The Hall–Kier alpha value is -1.94. The van der Waals surface area contributed by atoms with E-state index in [9.17, 15) is 14.7 Å². The molecule has 1 atom stereocenters. The molecule has 0 amide bonds. The van der Waals surface area contributed by atoms with Gasteiger partial charge < -0.3 is 10.4 Å². The highest BCUT2D eigenvalue weighted by atomic mass is 16.3. The Balaban J connectivity index is 2.56. The number of carbonyl (C=O) groups is 2. The van der Waals surface area contributed by atoms with E-state index in [-0.39, 0.29) is 22.9 Å². The normalized spacial score (nSPS) is 16.6. The maximum atomic E-state index is 12.3. The zero-order valence-electron chi connectivity index (χ0n) is 11.9. The van der Waals surface area contributed by atoms with E-state index in [2.05, 4.69) is 5.32 Å². The largest absolute Gasteiger partial charge is 0.507 e. The fourth-order valence-electron chi connectivity index (χ4n) is 2.56. The number of Topliss-reactive ketones (excluding diaryl/α,β-unsaturated/α-hetero) is 2. The number of hydrogen-bond acceptors (Lipinski definition) is 4. The van der Waals surface area contributed by atoms with E-state index >= 15 is 0 Å². The Morgan fingerprint density at radius 2 is 1.70 bits per heavy atom. The quantitative estimate of drug-likeness (QED) is 0.826. The molecule has 0 aliphatic heterocycles. The van der Waals surface area contributed by atoms with Crippen LogP contribution in [0.25, 0.3) is 5.76 Å². The van der Waals surface area contributed by atoms with Crippen molar-refractivity contribution in [3.63, 3.8) is 0 Å². The molecule has 2 rings (SSSR count). The molecule has 0 bridgehead atoms. The van der Waals surface area contributed by atoms with E-state index in [1.165, 1.54) is 0 Å². The molecule has 20 heavy (non-hydrogen) atoms. The van der Waals surface area contributed by atoms with Crippen molar-refractivity contribution in [2.24, 2.45) is 5.92 Å². The van der Waals surface area contributed by atoms with Gasteiger partial charge in [-0.15, -0.1) is 0 Å². The third-order valence-electron chi connectivity index (χ3n) is 3.54. The topological polar surface area (TPSA) is 66.4 Å². The number of benzene rings is 1. The van der Waals surface area contributed by atoms with Crippen LogP contribution < -0.4 is 5.32 Å². The molecule has 1 unspecified atom stereocenters. The van der Waals surface area contributed by atoms with Crippen LogP contribution in [0.1, 0.15) is 36.2 Å². The lowest BCUT2D eigenvalue weighted by Crippen LogP contribution is -2.38. The first-order valence-electron chi connectivity index (χ1n) is 6.76. The molecule has 1 aromatic carbocycles. The van der Waals surface area contributed by atoms with Crippen molar-refractivity contribution in [2.45, 2.75) is 26.3 Å². The summed E-state index contributed by atoms with van der Waals surface area (Å²) in [4.78, 5) is 24.4. The molecule has 1 aliphatic rings. The Morgan fingerprint density at radius 1 is 1.10 bits per heavy atom. The third kappa shape index (κ3) is 2.39. The van der Waals surface area contributed by atoms with Gasteiger partial charge in [0.15, 0.2) is 0 Å². The molecule has 106 valence electrons. The summed E-state index contributed by atoms with van der Waals surface area (Å²) in [6, 6.07) is 6.34. The van der Waals surface area contributed by atoms with Crippen LogP contribution in [-0.4, -0.2) is 29.8 Å². The second-order valence-corrected chi connectivity index (χ2v) is 5.44. The minimum absolute atomic E-state index is 0.0785. The maximum Gasteiger partial charge on any atom is 0.234 e. The molecule has 0 aromatic heterocycles. The van der Waals surface area contributed by atoms with Crippen LogP contribution in [-0.2, 0) is 4.79 Å². The fourth-order valence-corrected chi connectivity index (χ4v) is 2.56. The highest BCUT2D eigenvalue weighted by Gasteiger charge is 2.36. The van der Waals surface area contributed by atoms with Crippen LogP contribution in [0.5, 0.6) is 0 Å². The van der Waals surface area contributed by atoms with Gasteiger partial charge in [-0.1, -0.05) is 38.1 Å². The van der Waals surface area contributed by atoms with Gasteiger partial charge >= 0.3 is 0 Å². The Labute approximate surface area is 118 Å². The van der Waals surface area contributed by atoms with Crippen molar-refractivity contribution < 1.29 is 14.7 Å². The summed E-state index contributed by atoms with van der Waals surface area (Å²) in [5.41, 5.74) is 0.902. The molecule has 4 heteroatoms. The average molecular weight is 273 g/mol. The molecular weight excluding hydrogens is 254 g/mol. The fraction of sp³-hybridized carbons (Fsp3) is 0.375. The van der Waals surface area contributed by atoms with Crippen LogP contribution in [0.4, 0.5) is 0 Å². The highest BCUT2D eigenvalue weighted by Crippen LogP contribution is 2.30. The van der Waals surface area contributed by atoms with Crippen LogP contribution >= 0.6 is 0 Å². The first-order valence-corrected chi connectivity index (χ1v) is 6.76. The van der Waals surface area contributed by atoms with E-state index < -0.39 is 11.6 Å². The van der Waals surface area contributed by atoms with Crippen molar-refractivity contribution in [2.75, 3.05) is 7.05 Å². The summed E-state index contributed by atoms with van der Waals surface area (Å²) in [5.74, 6) is -0.892. The molecule has 0 saturated heterocycles. The number of aliphatic hydroxyl groups excluding tert-OH is 1. The number of nitrogens with one attached hydrogen (secondary N) is 1. The summed E-state index contributed by atoms with van der Waals surface area (Å²) in [6.07, 6.45) is 0.678. The molecule has 0 fully saturated rings. The van der Waals surface area contributed by atoms with Crippen molar-refractivity contribution in [3.8, 4) is 0 Å². The highest BCUT2D eigenvalue weighted by molar-refractivity contribution is 6.52. The number of carbonyl (C=O) groups excluding carboxylic acids is 2. The minimum atomic E-state index is -0.610. The molecule has 4 nitrogen and oxygen atoms in total. The van der Waals surface area contributed by atoms with Crippen LogP contribution in [0.2, 0.25) is 0 Å². The van der Waals surface area contributed by atoms with Gasteiger partial charge in [0.25, 0.3) is 0 Å². The van der Waals surface area contributed by atoms with Gasteiger partial charge in [-0.05, 0) is 19.4 Å². The van der Waals surface area contributed by atoms with Gasteiger partial charge in [0, 0.05) is 17.2 Å². The van der Waals surface area contributed by atoms with Crippen LogP contribution in [0.3, 0.4) is 0 Å². The van der Waals surface area contributed by atoms with E-state index in [1.807, 2.05) is 13.8 Å². The van der Waals surface area contributed by atoms with Gasteiger partial charge in [-0.3, -0.25) is 9.59 Å². The van der Waals surface area contributed by atoms with Gasteiger partial charge in [-0.2, -0.15) is 0 Å². The summed E-state index contributed by atoms with van der Waals surface area (Å²) in [6.45, 7) is 4.07. The molecule has 2 N–H and O–H groups in total. The van der Waals surface area contributed by atoms with Crippen LogP contribution in [0.15, 0.2) is 29.8 Å². The summed E-state index contributed by atoms with van der Waals surface area (Å²) in [5, 5.41) is 13.4. The molecule has 1 aliphatic carbocycles. The molecule has 0 spiro atoms. The predicted molar refractivity (Wildman–Crippen MR) is 77.6 cm³/mol. The van der Waals surface area contributed by atoms with Crippen molar-refractivity contribution in [3.05, 3.63) is 41.0 Å². The third-order valence-corrected chi connectivity index (χ3v) is 3.54. The summed E-state index contributed by atoms with van der Waals surface area (Å²) < 4.78 is 0. The van der Waals surface area contributed by atoms with Crippen molar-refractivity contribution in [1.29, 1.82) is 0 Å². The van der Waals surface area contributed by atoms with Gasteiger partial charge in [-0.25, -0.2) is 0 Å². The zero-order valence-corrected chi connectivity index (χ0v) is 11.9. The van der Waals surface area contributed by atoms with E-state index in [4.69, 9.17) is 0 Å². The first-order chi connectivity index (χ1) is 9.47. The van der Waals surface area contributed by atoms with Gasteiger partial charge in [0.05, 0.1) is 5.57 Å². The molecular formula is C16H19NO3. The second kappa shape index (κ2) is 5.59. The molecule has 0 radical (unpaired) electrons. The van der Waals surface area contributed by atoms with Crippen LogP contribution in [0, 0.1) is 5.92 Å². The standard InChI is InChI=1S/C16H19NO3/c1-9(2)8-12(17-3)13-14(18)10-6-4-5-7-11(10)15(19)16(13)20/h4-7,9,12,17-18H,8H2,1-3H3. The monoisotopic (exact) mass is 273 g/mol. The SMILES string of the molecule is CNC(CC(C)C)C1=C(O)c2ccccc2C(=O)C1=O. The lowest BCUT2D eigenvalue weighted by Gasteiger charge is -2.25. The van der Waals surface area contributed by atoms with Crippen molar-refractivity contribution in [1.82, 2.24) is 5.32 Å². The van der Waals surface area contributed by atoms with Gasteiger partial charge in [0.2, 0.25) is 11.6 Å². The smallest absolute Gasteiger partial charge is 0.234 e. The zero-order chi connectivity index (χ0) is 14.9. The molecule has 0 heterocycles. The number of aliphatic hydroxyl groups is 1. The second-order valence-electron chi connectivity index (χ2n) is 5.44. The number of fused-ring (bicyclic) bond motifs is 1.